The van der Waals surface area contributed by atoms with E-state index in [9.17, 15) is 18.0 Å². The van der Waals surface area contributed by atoms with E-state index in [0.717, 1.165) is 11.1 Å². The molecule has 0 atom stereocenters. The van der Waals surface area contributed by atoms with Crippen LogP contribution in [0.5, 0.6) is 0 Å². The van der Waals surface area contributed by atoms with Crippen molar-refractivity contribution in [1.29, 1.82) is 0 Å². The number of hydrogen-bond acceptors (Lipinski definition) is 4. The van der Waals surface area contributed by atoms with Gasteiger partial charge in [0.2, 0.25) is 5.91 Å². The molecule has 7 nitrogen and oxygen atoms in total. The highest BCUT2D eigenvalue weighted by Gasteiger charge is 2.18. The number of hydrogen-bond donors (Lipinski definition) is 2. The SMILES string of the molecule is Cc1cccc(NC(=O)CN(C)C(=O)c2ccc(S(=O)(=O)Nc3ccccc3)cc2)c1C. The highest BCUT2D eigenvalue weighted by atomic mass is 32.2. The standard InChI is InChI=1S/C24H25N3O4S/c1-17-8-7-11-22(18(17)2)25-23(28)16-27(3)24(29)19-12-14-21(15-13-19)32(30,31)26-20-9-5-4-6-10-20/h4-15,26H,16H2,1-3H3,(H,25,28). The van der Waals surface area contributed by atoms with E-state index >= 15 is 0 Å². The van der Waals surface area contributed by atoms with Crippen LogP contribution in [0, 0.1) is 13.8 Å². The number of likely N-dealkylation sites (N-methyl/N-ethyl adjacent to an activating group) is 1. The van der Waals surface area contributed by atoms with Gasteiger partial charge in [0.05, 0.1) is 11.4 Å². The summed E-state index contributed by atoms with van der Waals surface area (Å²) in [5.74, 6) is -0.707. The van der Waals surface area contributed by atoms with Crippen molar-refractivity contribution in [1.82, 2.24) is 4.90 Å². The van der Waals surface area contributed by atoms with Crippen LogP contribution < -0.4 is 10.0 Å². The van der Waals surface area contributed by atoms with Crippen LogP contribution in [0.15, 0.2) is 77.7 Å². The van der Waals surface area contributed by atoms with Crippen LogP contribution in [0.2, 0.25) is 0 Å². The maximum absolute atomic E-state index is 12.7. The topological polar surface area (TPSA) is 95.6 Å². The minimum atomic E-state index is -3.78. The van der Waals surface area contributed by atoms with Gasteiger partial charge in [0.25, 0.3) is 15.9 Å². The van der Waals surface area contributed by atoms with Crippen molar-refractivity contribution >= 4 is 33.2 Å². The summed E-state index contributed by atoms with van der Waals surface area (Å²) in [7, 11) is -2.26. The van der Waals surface area contributed by atoms with Crippen LogP contribution in [0.1, 0.15) is 21.5 Å². The zero-order chi connectivity index (χ0) is 23.3. The van der Waals surface area contributed by atoms with E-state index in [1.54, 1.807) is 30.3 Å². The molecule has 0 aliphatic heterocycles. The van der Waals surface area contributed by atoms with Crippen molar-refractivity contribution in [2.45, 2.75) is 18.7 Å². The largest absolute Gasteiger partial charge is 0.332 e. The van der Waals surface area contributed by atoms with E-state index in [0.29, 0.717) is 11.4 Å². The van der Waals surface area contributed by atoms with E-state index < -0.39 is 10.0 Å². The zero-order valence-corrected chi connectivity index (χ0v) is 18.9. The molecule has 0 bridgehead atoms. The van der Waals surface area contributed by atoms with E-state index in [1.165, 1.54) is 36.2 Å². The summed E-state index contributed by atoms with van der Waals surface area (Å²) in [6, 6.07) is 19.8. The Morgan fingerprint density at radius 1 is 0.875 bits per heavy atom. The molecule has 3 aromatic carbocycles. The summed E-state index contributed by atoms with van der Waals surface area (Å²) in [6.07, 6.45) is 0. The molecule has 2 amide bonds. The Bertz CT molecular complexity index is 1220. The van der Waals surface area contributed by atoms with Crippen molar-refractivity contribution in [3.63, 3.8) is 0 Å². The van der Waals surface area contributed by atoms with Gasteiger partial charge in [-0.15, -0.1) is 0 Å². The molecule has 0 aliphatic carbocycles. The Morgan fingerprint density at radius 2 is 1.53 bits per heavy atom. The Labute approximate surface area is 188 Å². The minimum Gasteiger partial charge on any atom is -0.332 e. The molecule has 32 heavy (non-hydrogen) atoms. The van der Waals surface area contributed by atoms with Crippen molar-refractivity contribution in [2.75, 3.05) is 23.6 Å². The molecular formula is C24H25N3O4S. The second kappa shape index (κ2) is 9.65. The summed E-state index contributed by atoms with van der Waals surface area (Å²) in [5.41, 5.74) is 3.46. The molecule has 3 aromatic rings. The van der Waals surface area contributed by atoms with Gasteiger partial charge in [-0.25, -0.2) is 8.42 Å². The number of rotatable bonds is 7. The summed E-state index contributed by atoms with van der Waals surface area (Å²) in [5, 5.41) is 2.82. The second-order valence-corrected chi connectivity index (χ2v) is 9.14. The maximum Gasteiger partial charge on any atom is 0.261 e. The highest BCUT2D eigenvalue weighted by molar-refractivity contribution is 7.92. The quantitative estimate of drug-likeness (QED) is 0.571. The first kappa shape index (κ1) is 23.0. The first-order valence-electron chi connectivity index (χ1n) is 9.97. The number of nitrogens with one attached hydrogen (secondary N) is 2. The molecule has 0 aromatic heterocycles. The van der Waals surface area contributed by atoms with Gasteiger partial charge in [0, 0.05) is 24.0 Å². The average Bonchev–Trinajstić information content (AvgIpc) is 2.77. The number of nitrogens with zero attached hydrogens (tertiary/aromatic N) is 1. The smallest absolute Gasteiger partial charge is 0.261 e. The molecule has 0 spiro atoms. The summed E-state index contributed by atoms with van der Waals surface area (Å²) in [4.78, 5) is 26.4. The number of anilines is 2. The van der Waals surface area contributed by atoms with Crippen molar-refractivity contribution in [3.8, 4) is 0 Å². The third kappa shape index (κ3) is 5.53. The third-order valence-corrected chi connectivity index (χ3v) is 6.44. The Kier molecular flexibility index (Phi) is 6.95. The number of amides is 2. The molecule has 0 heterocycles. The van der Waals surface area contributed by atoms with Crippen molar-refractivity contribution in [2.24, 2.45) is 0 Å². The van der Waals surface area contributed by atoms with Crippen LogP contribution in [0.25, 0.3) is 0 Å². The van der Waals surface area contributed by atoms with Gasteiger partial charge in [-0.2, -0.15) is 0 Å². The van der Waals surface area contributed by atoms with Gasteiger partial charge in [-0.05, 0) is 67.4 Å². The molecule has 0 fully saturated rings. The van der Waals surface area contributed by atoms with Gasteiger partial charge < -0.3 is 10.2 Å². The lowest BCUT2D eigenvalue weighted by Gasteiger charge is -2.18. The van der Waals surface area contributed by atoms with Gasteiger partial charge in [-0.1, -0.05) is 30.3 Å². The first-order valence-corrected chi connectivity index (χ1v) is 11.4. The number of aryl methyl sites for hydroxylation is 1. The Hall–Kier alpha value is -3.65. The molecule has 0 radical (unpaired) electrons. The predicted octanol–water partition coefficient (Wildman–Crippen LogP) is 3.81. The fourth-order valence-corrected chi connectivity index (χ4v) is 4.14. The lowest BCUT2D eigenvalue weighted by Crippen LogP contribution is -2.35. The molecule has 166 valence electrons. The van der Waals surface area contributed by atoms with Crippen LogP contribution in [-0.4, -0.2) is 38.7 Å². The normalized spacial score (nSPS) is 11.0. The molecule has 2 N–H and O–H groups in total. The summed E-state index contributed by atoms with van der Waals surface area (Å²) >= 11 is 0. The molecule has 8 heteroatoms. The number of para-hydroxylation sites is 1. The van der Waals surface area contributed by atoms with E-state index in [2.05, 4.69) is 10.0 Å². The van der Waals surface area contributed by atoms with Gasteiger partial charge in [-0.3, -0.25) is 14.3 Å². The summed E-state index contributed by atoms with van der Waals surface area (Å²) in [6.45, 7) is 3.74. The van der Waals surface area contributed by atoms with Crippen molar-refractivity contribution in [3.05, 3.63) is 89.5 Å². The van der Waals surface area contributed by atoms with E-state index in [4.69, 9.17) is 0 Å². The van der Waals surface area contributed by atoms with E-state index in [-0.39, 0.29) is 28.8 Å². The fourth-order valence-electron chi connectivity index (χ4n) is 3.08. The molecular weight excluding hydrogens is 426 g/mol. The average molecular weight is 452 g/mol. The van der Waals surface area contributed by atoms with Gasteiger partial charge in [0.1, 0.15) is 0 Å². The van der Waals surface area contributed by atoms with Crippen LogP contribution in [-0.2, 0) is 14.8 Å². The molecule has 3 rings (SSSR count). The van der Waals surface area contributed by atoms with Crippen LogP contribution >= 0.6 is 0 Å². The zero-order valence-electron chi connectivity index (χ0n) is 18.1. The predicted molar refractivity (Wildman–Crippen MR) is 125 cm³/mol. The number of carbonyl (C=O) groups excluding carboxylic acids is 2. The number of sulfonamides is 1. The first-order chi connectivity index (χ1) is 15.2. The van der Waals surface area contributed by atoms with Gasteiger partial charge >= 0.3 is 0 Å². The number of carbonyl (C=O) groups is 2. The Balaban J connectivity index is 1.64. The Morgan fingerprint density at radius 3 is 2.19 bits per heavy atom. The van der Waals surface area contributed by atoms with Gasteiger partial charge in [0.15, 0.2) is 0 Å². The van der Waals surface area contributed by atoms with E-state index in [1.807, 2.05) is 32.0 Å². The monoisotopic (exact) mass is 451 g/mol. The summed E-state index contributed by atoms with van der Waals surface area (Å²) < 4.78 is 27.5. The number of benzene rings is 3. The minimum absolute atomic E-state index is 0.0354. The van der Waals surface area contributed by atoms with Crippen molar-refractivity contribution < 1.29 is 18.0 Å². The fraction of sp³-hybridized carbons (Fsp3) is 0.167. The van der Waals surface area contributed by atoms with Crippen LogP contribution in [0.4, 0.5) is 11.4 Å². The molecule has 0 saturated heterocycles. The molecule has 0 saturated carbocycles. The third-order valence-electron chi connectivity index (χ3n) is 5.04. The second-order valence-electron chi connectivity index (χ2n) is 7.45. The molecule has 0 unspecified atom stereocenters. The lowest BCUT2D eigenvalue weighted by molar-refractivity contribution is -0.116. The van der Waals surface area contributed by atoms with Crippen LogP contribution in [0.3, 0.4) is 0 Å². The molecule has 0 aliphatic rings. The maximum atomic E-state index is 12.7. The highest BCUT2D eigenvalue weighted by Crippen LogP contribution is 2.19. The lowest BCUT2D eigenvalue weighted by atomic mass is 10.1.